The van der Waals surface area contributed by atoms with E-state index in [2.05, 4.69) is 29.5 Å². The summed E-state index contributed by atoms with van der Waals surface area (Å²) >= 11 is 0. The third kappa shape index (κ3) is 3.15. The lowest BCUT2D eigenvalue weighted by molar-refractivity contribution is 0.102. The molecule has 1 aliphatic carbocycles. The quantitative estimate of drug-likeness (QED) is 0.907. The van der Waals surface area contributed by atoms with E-state index in [1.807, 2.05) is 23.0 Å². The number of rotatable bonds is 5. The molecule has 0 unspecified atom stereocenters. The molecule has 4 heteroatoms. The van der Waals surface area contributed by atoms with Gasteiger partial charge in [-0.15, -0.1) is 0 Å². The van der Waals surface area contributed by atoms with Crippen molar-refractivity contribution in [3.05, 3.63) is 47.8 Å². The van der Waals surface area contributed by atoms with Gasteiger partial charge in [-0.05, 0) is 42.9 Å². The molecule has 21 heavy (non-hydrogen) atoms. The van der Waals surface area contributed by atoms with Gasteiger partial charge in [-0.1, -0.05) is 25.5 Å². The molecule has 2 aromatic rings. The second kappa shape index (κ2) is 6.12. The highest BCUT2D eigenvalue weighted by Gasteiger charge is 2.19. The lowest BCUT2D eigenvalue weighted by atomic mass is 9.80. The fourth-order valence-electron chi connectivity index (χ4n) is 2.63. The molecule has 1 aromatic heterocycles. The molecule has 1 amide bonds. The van der Waals surface area contributed by atoms with Gasteiger partial charge in [0.15, 0.2) is 0 Å². The molecule has 0 spiro atoms. The molecule has 1 aliphatic rings. The normalized spacial score (nSPS) is 14.7. The Bertz CT molecular complexity index is 611. The molecule has 1 aromatic carbocycles. The van der Waals surface area contributed by atoms with Crippen LogP contribution in [0.15, 0.2) is 36.7 Å². The van der Waals surface area contributed by atoms with Gasteiger partial charge in [0, 0.05) is 18.3 Å². The van der Waals surface area contributed by atoms with E-state index in [0.29, 0.717) is 11.5 Å². The molecule has 1 N–H and O–H groups in total. The van der Waals surface area contributed by atoms with Crippen LogP contribution in [-0.4, -0.2) is 15.7 Å². The van der Waals surface area contributed by atoms with Gasteiger partial charge >= 0.3 is 0 Å². The highest BCUT2D eigenvalue weighted by molar-refractivity contribution is 6.04. The Morgan fingerprint density at radius 2 is 2.10 bits per heavy atom. The minimum absolute atomic E-state index is 0.0776. The number of nitrogens with one attached hydrogen (secondary N) is 1. The maximum atomic E-state index is 12.2. The van der Waals surface area contributed by atoms with Crippen molar-refractivity contribution in [2.75, 3.05) is 5.32 Å². The fraction of sp³-hybridized carbons (Fsp3) is 0.412. The van der Waals surface area contributed by atoms with Crippen molar-refractivity contribution in [2.45, 2.75) is 45.1 Å². The van der Waals surface area contributed by atoms with E-state index in [0.717, 1.165) is 18.7 Å². The first-order valence-corrected chi connectivity index (χ1v) is 7.70. The number of aryl methyl sites for hydroxylation is 1. The zero-order chi connectivity index (χ0) is 14.7. The predicted octanol–water partition coefficient (Wildman–Crippen LogP) is 3.81. The van der Waals surface area contributed by atoms with Crippen LogP contribution < -0.4 is 5.32 Å². The van der Waals surface area contributed by atoms with Crippen molar-refractivity contribution in [3.63, 3.8) is 0 Å². The monoisotopic (exact) mass is 283 g/mol. The van der Waals surface area contributed by atoms with Crippen molar-refractivity contribution in [1.29, 1.82) is 0 Å². The maximum absolute atomic E-state index is 12.2. The molecule has 0 bridgehead atoms. The van der Waals surface area contributed by atoms with E-state index >= 15 is 0 Å². The van der Waals surface area contributed by atoms with Crippen molar-refractivity contribution >= 4 is 11.6 Å². The van der Waals surface area contributed by atoms with Crippen molar-refractivity contribution < 1.29 is 4.79 Å². The Balaban J connectivity index is 1.63. The van der Waals surface area contributed by atoms with Gasteiger partial charge in [0.05, 0.1) is 11.9 Å². The molecule has 0 radical (unpaired) electrons. The summed E-state index contributed by atoms with van der Waals surface area (Å²) in [5, 5.41) is 7.10. The minimum atomic E-state index is -0.0776. The molecule has 0 atom stereocenters. The summed E-state index contributed by atoms with van der Waals surface area (Å²) in [6.45, 7) is 2.97. The van der Waals surface area contributed by atoms with Crippen molar-refractivity contribution in [3.8, 4) is 0 Å². The second-order valence-corrected chi connectivity index (χ2v) is 5.70. The smallest absolute Gasteiger partial charge is 0.255 e. The van der Waals surface area contributed by atoms with Crippen LogP contribution in [0.2, 0.25) is 0 Å². The Morgan fingerprint density at radius 3 is 2.71 bits per heavy atom. The Labute approximate surface area is 125 Å². The first-order valence-electron chi connectivity index (χ1n) is 7.70. The molecule has 1 fully saturated rings. The van der Waals surface area contributed by atoms with E-state index in [4.69, 9.17) is 0 Å². The maximum Gasteiger partial charge on any atom is 0.255 e. The zero-order valence-electron chi connectivity index (χ0n) is 12.4. The Hall–Kier alpha value is -2.10. The summed E-state index contributed by atoms with van der Waals surface area (Å²) < 4.78 is 1.84. The van der Waals surface area contributed by atoms with Gasteiger partial charge in [0.1, 0.15) is 0 Å². The van der Waals surface area contributed by atoms with Crippen LogP contribution in [0.1, 0.15) is 54.4 Å². The zero-order valence-corrected chi connectivity index (χ0v) is 12.4. The van der Waals surface area contributed by atoms with Crippen molar-refractivity contribution in [2.24, 2.45) is 0 Å². The molecule has 1 saturated carbocycles. The number of anilines is 1. The molecule has 110 valence electrons. The van der Waals surface area contributed by atoms with Gasteiger partial charge in [-0.25, -0.2) is 0 Å². The average molecular weight is 283 g/mol. The van der Waals surface area contributed by atoms with Gasteiger partial charge in [-0.2, -0.15) is 5.10 Å². The summed E-state index contributed by atoms with van der Waals surface area (Å²) in [6, 6.07) is 8.00. The molecule has 0 saturated heterocycles. The fourth-order valence-corrected chi connectivity index (χ4v) is 2.63. The lowest BCUT2D eigenvalue weighted by Crippen LogP contribution is -2.12. The summed E-state index contributed by atoms with van der Waals surface area (Å²) in [6.07, 6.45) is 8.47. The first kappa shape index (κ1) is 13.9. The van der Waals surface area contributed by atoms with Gasteiger partial charge in [0.25, 0.3) is 5.91 Å². The Morgan fingerprint density at radius 1 is 1.33 bits per heavy atom. The SMILES string of the molecule is CCCn1cc(NC(=O)c2ccc(C3CCC3)cc2)cn1. The van der Waals surface area contributed by atoms with E-state index in [-0.39, 0.29) is 5.91 Å². The number of benzene rings is 1. The third-order valence-corrected chi connectivity index (χ3v) is 4.09. The van der Waals surface area contributed by atoms with Crippen molar-refractivity contribution in [1.82, 2.24) is 9.78 Å². The van der Waals surface area contributed by atoms with Crippen LogP contribution in [0, 0.1) is 0 Å². The highest BCUT2D eigenvalue weighted by atomic mass is 16.1. The number of hydrogen-bond acceptors (Lipinski definition) is 2. The van der Waals surface area contributed by atoms with E-state index in [1.165, 1.54) is 24.8 Å². The summed E-state index contributed by atoms with van der Waals surface area (Å²) in [5.41, 5.74) is 2.80. The van der Waals surface area contributed by atoms with E-state index < -0.39 is 0 Å². The second-order valence-electron chi connectivity index (χ2n) is 5.70. The number of amides is 1. The minimum Gasteiger partial charge on any atom is -0.319 e. The first-order chi connectivity index (χ1) is 10.3. The van der Waals surface area contributed by atoms with E-state index in [9.17, 15) is 4.79 Å². The van der Waals surface area contributed by atoms with Crippen LogP contribution in [-0.2, 0) is 6.54 Å². The molecule has 1 heterocycles. The number of carbonyl (C=O) groups excluding carboxylic acids is 1. The largest absolute Gasteiger partial charge is 0.319 e. The third-order valence-electron chi connectivity index (χ3n) is 4.09. The molecule has 0 aliphatic heterocycles. The Kier molecular flexibility index (Phi) is 4.04. The lowest BCUT2D eigenvalue weighted by Gasteiger charge is -2.25. The molecular formula is C17H21N3O. The van der Waals surface area contributed by atoms with Crippen LogP contribution in [0.4, 0.5) is 5.69 Å². The van der Waals surface area contributed by atoms with Crippen LogP contribution >= 0.6 is 0 Å². The number of nitrogens with zero attached hydrogens (tertiary/aromatic N) is 2. The number of carbonyl (C=O) groups is 1. The summed E-state index contributed by atoms with van der Waals surface area (Å²) in [7, 11) is 0. The van der Waals surface area contributed by atoms with E-state index in [1.54, 1.807) is 6.20 Å². The molecular weight excluding hydrogens is 262 g/mol. The molecule has 4 nitrogen and oxygen atoms in total. The summed E-state index contributed by atoms with van der Waals surface area (Å²) in [5.74, 6) is 0.626. The van der Waals surface area contributed by atoms with Crippen LogP contribution in [0.3, 0.4) is 0 Å². The standard InChI is InChI=1S/C17H21N3O/c1-2-10-20-12-16(11-18-20)19-17(21)15-8-6-14(7-9-15)13-4-3-5-13/h6-9,11-13H,2-5,10H2,1H3,(H,19,21). The topological polar surface area (TPSA) is 46.9 Å². The predicted molar refractivity (Wildman–Crippen MR) is 83.5 cm³/mol. The number of aromatic nitrogens is 2. The van der Waals surface area contributed by atoms with Crippen LogP contribution in [0.5, 0.6) is 0 Å². The number of hydrogen-bond donors (Lipinski definition) is 1. The van der Waals surface area contributed by atoms with Gasteiger partial charge in [0.2, 0.25) is 0 Å². The summed E-state index contributed by atoms with van der Waals surface area (Å²) in [4.78, 5) is 12.2. The van der Waals surface area contributed by atoms with Gasteiger partial charge in [-0.3, -0.25) is 9.48 Å². The highest BCUT2D eigenvalue weighted by Crippen LogP contribution is 2.36. The average Bonchev–Trinajstić information content (AvgIpc) is 2.85. The van der Waals surface area contributed by atoms with Crippen LogP contribution in [0.25, 0.3) is 0 Å². The van der Waals surface area contributed by atoms with Gasteiger partial charge < -0.3 is 5.32 Å². The molecule has 3 rings (SSSR count).